The second-order valence-corrected chi connectivity index (χ2v) is 3.07. The van der Waals surface area contributed by atoms with E-state index in [0.717, 1.165) is 10.8 Å². The van der Waals surface area contributed by atoms with Gasteiger partial charge in [0.2, 0.25) is 0 Å². The van der Waals surface area contributed by atoms with E-state index in [1.807, 2.05) is 36.4 Å². The van der Waals surface area contributed by atoms with Crippen molar-refractivity contribution in [2.75, 3.05) is 0 Å². The van der Waals surface area contributed by atoms with Gasteiger partial charge < -0.3 is 6.16 Å². The third-order valence-electron chi connectivity index (χ3n) is 2.00. The maximum Gasteiger partial charge on any atom is 1.00 e. The minimum absolute atomic E-state index is 0. The van der Waals surface area contributed by atoms with Gasteiger partial charge in [0, 0.05) is 12.3 Å². The first-order valence-corrected chi connectivity index (χ1v) is 4.43. The molecule has 0 saturated carbocycles. The number of esters is 1. The minimum atomic E-state index is -0.290. The van der Waals surface area contributed by atoms with Crippen LogP contribution in [0, 0.1) is 0 Å². The van der Waals surface area contributed by atoms with E-state index in [4.69, 9.17) is 4.74 Å². The summed E-state index contributed by atoms with van der Waals surface area (Å²) in [4.78, 5) is 10.8. The van der Waals surface area contributed by atoms with Crippen LogP contribution in [0.15, 0.2) is 42.5 Å². The Balaban J connectivity index is 0.00000112. The summed E-state index contributed by atoms with van der Waals surface area (Å²) in [6, 6.07) is 13.5. The van der Waals surface area contributed by atoms with Crippen molar-refractivity contribution < 1.29 is 62.3 Å². The molecule has 0 aliphatic carbocycles. The number of rotatable bonds is 1. The van der Waals surface area contributed by atoms with Crippen LogP contribution in [0.5, 0.6) is 5.75 Å². The molecule has 0 atom stereocenters. The fraction of sp³-hybridized carbons (Fsp3) is 0.0833. The Morgan fingerprint density at radius 2 is 1.80 bits per heavy atom. The number of ether oxygens (including phenoxy) is 1. The molecule has 2 aromatic carbocycles. The molecule has 0 heterocycles. The maximum absolute atomic E-state index is 10.8. The Labute approximate surface area is 133 Å². The second kappa shape index (κ2) is 5.77. The van der Waals surface area contributed by atoms with E-state index < -0.39 is 0 Å². The zero-order valence-corrected chi connectivity index (χ0v) is 12.0. The summed E-state index contributed by atoms with van der Waals surface area (Å²) < 4.78 is 5.09. The van der Waals surface area contributed by atoms with Gasteiger partial charge in [-0.15, -0.1) is 0 Å². The molecule has 0 saturated heterocycles. The van der Waals surface area contributed by atoms with E-state index in [1.165, 1.54) is 6.92 Å². The summed E-state index contributed by atoms with van der Waals surface area (Å²) in [5.41, 5.74) is 0. The van der Waals surface area contributed by atoms with Gasteiger partial charge in [0.1, 0.15) is 5.75 Å². The van der Waals surface area contributed by atoms with Crippen LogP contribution in [0.1, 0.15) is 8.35 Å². The van der Waals surface area contributed by atoms with Crippen LogP contribution in [0.4, 0.5) is 0 Å². The van der Waals surface area contributed by atoms with E-state index in [2.05, 4.69) is 0 Å². The van der Waals surface area contributed by atoms with Crippen LogP contribution in [-0.4, -0.2) is 5.97 Å². The Morgan fingerprint density at radius 3 is 2.53 bits per heavy atom. The third kappa shape index (κ3) is 3.13. The smallest absolute Gasteiger partial charge is 1.00 e. The van der Waals surface area contributed by atoms with Crippen molar-refractivity contribution in [1.29, 1.82) is 0 Å². The van der Waals surface area contributed by atoms with E-state index in [9.17, 15) is 4.79 Å². The molecular weight excluding hydrogens is 215 g/mol. The summed E-state index contributed by atoms with van der Waals surface area (Å²) in [6.07, 6.45) is 0. The van der Waals surface area contributed by atoms with Gasteiger partial charge in [0.15, 0.2) is 0 Å². The molecular formula is C12H11KO2. The number of hydrogen-bond acceptors (Lipinski definition) is 2. The van der Waals surface area contributed by atoms with E-state index >= 15 is 0 Å². The molecule has 0 N–H and O–H groups in total. The summed E-state index contributed by atoms with van der Waals surface area (Å²) in [7, 11) is 0. The van der Waals surface area contributed by atoms with Crippen molar-refractivity contribution in [2.24, 2.45) is 0 Å². The van der Waals surface area contributed by atoms with Crippen LogP contribution in [0.25, 0.3) is 10.8 Å². The van der Waals surface area contributed by atoms with Crippen molar-refractivity contribution in [3.8, 4) is 5.75 Å². The van der Waals surface area contributed by atoms with Crippen LogP contribution in [0.2, 0.25) is 0 Å². The van der Waals surface area contributed by atoms with Crippen molar-refractivity contribution in [3.63, 3.8) is 0 Å². The molecule has 3 heteroatoms. The van der Waals surface area contributed by atoms with Gasteiger partial charge in [-0.2, -0.15) is 0 Å². The monoisotopic (exact) mass is 226 g/mol. The van der Waals surface area contributed by atoms with Crippen LogP contribution < -0.4 is 56.1 Å². The zero-order chi connectivity index (χ0) is 9.97. The first kappa shape index (κ1) is 12.9. The topological polar surface area (TPSA) is 26.3 Å². The average Bonchev–Trinajstić information content (AvgIpc) is 2.18. The fourth-order valence-corrected chi connectivity index (χ4v) is 1.44. The molecule has 0 unspecified atom stereocenters. The molecule has 0 fully saturated rings. The van der Waals surface area contributed by atoms with Gasteiger partial charge in [0.25, 0.3) is 0 Å². The molecule has 2 rings (SSSR count). The third-order valence-corrected chi connectivity index (χ3v) is 2.00. The molecule has 0 amide bonds. The van der Waals surface area contributed by atoms with Gasteiger partial charge in [0.05, 0.1) is 0 Å². The molecule has 0 bridgehead atoms. The first-order chi connectivity index (χ1) is 6.77. The number of carbonyl (C=O) groups excluding carboxylic acids is 1. The number of fused-ring (bicyclic) bond motifs is 1. The van der Waals surface area contributed by atoms with Crippen LogP contribution >= 0.6 is 0 Å². The Bertz CT molecular complexity index is 480. The van der Waals surface area contributed by atoms with E-state index in [1.54, 1.807) is 6.07 Å². The average molecular weight is 226 g/mol. The molecule has 0 aliphatic heterocycles. The minimum Gasteiger partial charge on any atom is -1.00 e. The molecule has 0 aliphatic rings. The SMILES string of the molecule is CC(=O)Oc1cccc2ccccc12.[H-].[K+]. The summed E-state index contributed by atoms with van der Waals surface area (Å²) >= 11 is 0. The zero-order valence-electron chi connectivity index (χ0n) is 9.86. The molecule has 72 valence electrons. The summed E-state index contributed by atoms with van der Waals surface area (Å²) in [6.45, 7) is 1.40. The van der Waals surface area contributed by atoms with Crippen molar-refractivity contribution in [3.05, 3.63) is 42.5 Å². The van der Waals surface area contributed by atoms with Crippen molar-refractivity contribution >= 4 is 16.7 Å². The van der Waals surface area contributed by atoms with Gasteiger partial charge in [-0.05, 0) is 11.5 Å². The predicted octanol–water partition coefficient (Wildman–Crippen LogP) is -0.118. The molecule has 15 heavy (non-hydrogen) atoms. The first-order valence-electron chi connectivity index (χ1n) is 4.43. The standard InChI is InChI=1S/C12H10O2.K.H/c1-9(13)14-12-8-4-6-10-5-2-3-7-11(10)12;;/h2-8H,1H3;;/q;+1;-1. The predicted molar refractivity (Wildman–Crippen MR) is 56.4 cm³/mol. The summed E-state index contributed by atoms with van der Waals surface area (Å²) in [5, 5.41) is 2.04. The summed E-state index contributed by atoms with van der Waals surface area (Å²) in [5.74, 6) is 0.331. The Morgan fingerprint density at radius 1 is 1.13 bits per heavy atom. The molecule has 0 spiro atoms. The van der Waals surface area contributed by atoms with Gasteiger partial charge in [-0.1, -0.05) is 36.4 Å². The Hall–Kier alpha value is -0.194. The van der Waals surface area contributed by atoms with Crippen LogP contribution in [-0.2, 0) is 4.79 Å². The molecule has 2 nitrogen and oxygen atoms in total. The fourth-order valence-electron chi connectivity index (χ4n) is 1.44. The van der Waals surface area contributed by atoms with Crippen molar-refractivity contribution in [2.45, 2.75) is 6.92 Å². The quantitative estimate of drug-likeness (QED) is 0.385. The van der Waals surface area contributed by atoms with Gasteiger partial charge >= 0.3 is 57.4 Å². The molecule has 2 aromatic rings. The normalized spacial score (nSPS) is 9.40. The second-order valence-electron chi connectivity index (χ2n) is 3.07. The maximum atomic E-state index is 10.8. The van der Waals surface area contributed by atoms with Crippen molar-refractivity contribution in [1.82, 2.24) is 0 Å². The molecule has 0 aromatic heterocycles. The van der Waals surface area contributed by atoms with Gasteiger partial charge in [-0.25, -0.2) is 0 Å². The molecule has 0 radical (unpaired) electrons. The number of carbonyl (C=O) groups is 1. The number of hydrogen-bond donors (Lipinski definition) is 0. The van der Waals surface area contributed by atoms with E-state index in [-0.39, 0.29) is 58.8 Å². The van der Waals surface area contributed by atoms with Gasteiger partial charge in [-0.3, -0.25) is 4.79 Å². The van der Waals surface area contributed by atoms with Crippen LogP contribution in [0.3, 0.4) is 0 Å². The Kier molecular flexibility index (Phi) is 4.95. The van der Waals surface area contributed by atoms with E-state index in [0.29, 0.717) is 5.75 Å². The number of benzene rings is 2. The largest absolute Gasteiger partial charge is 1.00 e.